The minimum absolute atomic E-state index is 0.00410. The Morgan fingerprint density at radius 3 is 2.67 bits per heavy atom. The molecular weight excluding hydrogens is 224 g/mol. The first-order valence-corrected chi connectivity index (χ1v) is 5.44. The van der Waals surface area contributed by atoms with Gasteiger partial charge in [-0.3, -0.25) is 0 Å². The first kappa shape index (κ1) is 10.3. The lowest BCUT2D eigenvalue weighted by Gasteiger charge is -2.39. The summed E-state index contributed by atoms with van der Waals surface area (Å²) >= 11 is 5.97. The average Bonchev–Trinajstić information content (AvgIpc) is 2.63. The molecular formula is C9H13ClO5. The molecule has 15 heavy (non-hydrogen) atoms. The Labute approximate surface area is 91.6 Å². The van der Waals surface area contributed by atoms with Crippen LogP contribution in [0.4, 0.5) is 0 Å². The van der Waals surface area contributed by atoms with Crippen LogP contribution in [0.2, 0.25) is 0 Å². The van der Waals surface area contributed by atoms with Crippen molar-refractivity contribution in [2.75, 3.05) is 13.2 Å². The van der Waals surface area contributed by atoms with Crippen molar-refractivity contribution in [1.29, 1.82) is 0 Å². The van der Waals surface area contributed by atoms with Crippen molar-refractivity contribution in [3.8, 4) is 0 Å². The van der Waals surface area contributed by atoms with Gasteiger partial charge in [0.2, 0.25) is 0 Å². The molecule has 0 spiro atoms. The number of hydrogen-bond donors (Lipinski definition) is 3. The summed E-state index contributed by atoms with van der Waals surface area (Å²) in [6, 6.07) is 0. The SMILES string of the molecule is O[C@@H]1[C@@H](Cl)[C@@]2(O)CO[C@H]3OCC[C@]1(O)[C@H]32. The molecule has 0 aromatic heterocycles. The normalized spacial score (nSPS) is 63.2. The van der Waals surface area contributed by atoms with Crippen LogP contribution >= 0.6 is 11.6 Å². The zero-order valence-corrected chi connectivity index (χ0v) is 8.72. The van der Waals surface area contributed by atoms with E-state index in [2.05, 4.69) is 0 Å². The minimum atomic E-state index is -1.39. The molecule has 2 aliphatic heterocycles. The van der Waals surface area contributed by atoms with Crippen molar-refractivity contribution < 1.29 is 24.8 Å². The Balaban J connectivity index is 2.08. The van der Waals surface area contributed by atoms with Gasteiger partial charge in [-0.05, 0) is 0 Å². The molecule has 0 aromatic carbocycles. The molecule has 3 aliphatic rings. The van der Waals surface area contributed by atoms with Crippen LogP contribution in [-0.2, 0) is 9.47 Å². The van der Waals surface area contributed by atoms with E-state index in [9.17, 15) is 15.3 Å². The zero-order chi connectivity index (χ0) is 10.8. The molecule has 0 bridgehead atoms. The highest BCUT2D eigenvalue weighted by atomic mass is 35.5. The number of aliphatic hydroxyl groups is 3. The Morgan fingerprint density at radius 2 is 1.93 bits per heavy atom. The fraction of sp³-hybridized carbons (Fsp3) is 1.00. The van der Waals surface area contributed by atoms with Crippen molar-refractivity contribution in [1.82, 2.24) is 0 Å². The molecule has 1 saturated carbocycles. The van der Waals surface area contributed by atoms with Crippen LogP contribution in [-0.4, -0.2) is 57.5 Å². The third kappa shape index (κ3) is 1.01. The van der Waals surface area contributed by atoms with Gasteiger partial charge in [0.25, 0.3) is 0 Å². The van der Waals surface area contributed by atoms with Crippen LogP contribution in [0.1, 0.15) is 6.42 Å². The van der Waals surface area contributed by atoms with Crippen molar-refractivity contribution >= 4 is 11.6 Å². The summed E-state index contributed by atoms with van der Waals surface area (Å²) in [6.45, 7) is 0.296. The van der Waals surface area contributed by atoms with E-state index in [4.69, 9.17) is 21.1 Å². The molecule has 1 aliphatic carbocycles. The number of alkyl halides is 1. The number of aliphatic hydroxyl groups excluding tert-OH is 1. The molecule has 0 radical (unpaired) electrons. The summed E-state index contributed by atoms with van der Waals surface area (Å²) in [5.74, 6) is -0.656. The fourth-order valence-electron chi connectivity index (χ4n) is 3.05. The van der Waals surface area contributed by atoms with Gasteiger partial charge in [-0.1, -0.05) is 0 Å². The Hall–Kier alpha value is 0.0900. The lowest BCUT2D eigenvalue weighted by Crippen LogP contribution is -2.54. The van der Waals surface area contributed by atoms with Crippen LogP contribution in [0.25, 0.3) is 0 Å². The quantitative estimate of drug-likeness (QED) is 0.462. The Morgan fingerprint density at radius 1 is 1.20 bits per heavy atom. The molecule has 0 amide bonds. The lowest BCUT2D eigenvalue weighted by molar-refractivity contribution is -0.231. The highest BCUT2D eigenvalue weighted by molar-refractivity contribution is 6.22. The second-order valence-corrected chi connectivity index (χ2v) is 5.08. The average molecular weight is 237 g/mol. The standard InChI is InChI=1S/C9H13ClO5/c10-5-6(11)8(12)1-2-14-7-4(8)9(5,13)3-15-7/h4-7,11-13H,1-3H2/t4-,5+,6+,7+,8-,9+/m0/s1. The smallest absolute Gasteiger partial charge is 0.166 e. The Bertz CT molecular complexity index is 298. The van der Waals surface area contributed by atoms with Gasteiger partial charge in [0.05, 0.1) is 24.5 Å². The van der Waals surface area contributed by atoms with Crippen LogP contribution in [0, 0.1) is 5.92 Å². The van der Waals surface area contributed by atoms with E-state index < -0.39 is 34.9 Å². The van der Waals surface area contributed by atoms with Gasteiger partial charge in [0.1, 0.15) is 17.3 Å². The van der Waals surface area contributed by atoms with E-state index in [1.807, 2.05) is 0 Å². The van der Waals surface area contributed by atoms with E-state index in [1.165, 1.54) is 0 Å². The number of halogens is 1. The highest BCUT2D eigenvalue weighted by Gasteiger charge is 2.73. The van der Waals surface area contributed by atoms with Crippen molar-refractivity contribution in [3.63, 3.8) is 0 Å². The van der Waals surface area contributed by atoms with Crippen LogP contribution < -0.4 is 0 Å². The first-order valence-electron chi connectivity index (χ1n) is 5.00. The van der Waals surface area contributed by atoms with Gasteiger partial charge in [0.15, 0.2) is 6.29 Å². The summed E-state index contributed by atoms with van der Waals surface area (Å²) in [6.07, 6.45) is -1.53. The maximum absolute atomic E-state index is 10.3. The number of ether oxygens (including phenoxy) is 2. The zero-order valence-electron chi connectivity index (χ0n) is 7.97. The summed E-state index contributed by atoms with van der Waals surface area (Å²) in [7, 11) is 0. The maximum Gasteiger partial charge on any atom is 0.166 e. The second kappa shape index (κ2) is 2.85. The van der Waals surface area contributed by atoms with Crippen molar-refractivity contribution in [2.45, 2.75) is 35.4 Å². The monoisotopic (exact) mass is 236 g/mol. The summed E-state index contributed by atoms with van der Waals surface area (Å²) in [5, 5.41) is 29.6. The van der Waals surface area contributed by atoms with Crippen LogP contribution in [0.3, 0.4) is 0 Å². The third-order valence-corrected chi connectivity index (χ3v) is 4.50. The summed E-state index contributed by atoms with van der Waals surface area (Å²) < 4.78 is 10.5. The van der Waals surface area contributed by atoms with E-state index in [-0.39, 0.29) is 13.0 Å². The number of rotatable bonds is 0. The van der Waals surface area contributed by atoms with Crippen molar-refractivity contribution in [2.24, 2.45) is 5.92 Å². The van der Waals surface area contributed by atoms with Gasteiger partial charge >= 0.3 is 0 Å². The van der Waals surface area contributed by atoms with E-state index in [1.54, 1.807) is 0 Å². The van der Waals surface area contributed by atoms with Gasteiger partial charge in [-0.25, -0.2) is 0 Å². The largest absolute Gasteiger partial charge is 0.388 e. The molecule has 5 nitrogen and oxygen atoms in total. The summed E-state index contributed by atoms with van der Waals surface area (Å²) in [5.41, 5.74) is -2.78. The van der Waals surface area contributed by atoms with Gasteiger partial charge in [0, 0.05) is 6.42 Å². The van der Waals surface area contributed by atoms with E-state index in [0.717, 1.165) is 0 Å². The molecule has 86 valence electrons. The molecule has 3 fully saturated rings. The molecule has 0 unspecified atom stereocenters. The van der Waals surface area contributed by atoms with Crippen LogP contribution in [0.5, 0.6) is 0 Å². The molecule has 6 atom stereocenters. The first-order chi connectivity index (χ1) is 7.00. The van der Waals surface area contributed by atoms with E-state index in [0.29, 0.717) is 6.61 Å². The maximum atomic E-state index is 10.3. The van der Waals surface area contributed by atoms with Crippen molar-refractivity contribution in [3.05, 3.63) is 0 Å². The van der Waals surface area contributed by atoms with Gasteiger partial charge in [-0.2, -0.15) is 0 Å². The number of hydrogen-bond acceptors (Lipinski definition) is 5. The van der Waals surface area contributed by atoms with Gasteiger partial charge in [-0.15, -0.1) is 11.6 Å². The predicted octanol–water partition coefficient (Wildman–Crippen LogP) is -1.18. The predicted molar refractivity (Wildman–Crippen MR) is 49.3 cm³/mol. The molecule has 3 rings (SSSR count). The topological polar surface area (TPSA) is 79.2 Å². The summed E-state index contributed by atoms with van der Waals surface area (Å²) in [4.78, 5) is 0. The van der Waals surface area contributed by atoms with Gasteiger partial charge < -0.3 is 24.8 Å². The molecule has 6 heteroatoms. The fourth-order valence-corrected chi connectivity index (χ4v) is 3.47. The molecule has 2 heterocycles. The third-order valence-electron chi connectivity index (χ3n) is 3.88. The molecule has 3 N–H and O–H groups in total. The molecule has 0 aromatic rings. The second-order valence-electron chi connectivity index (χ2n) is 4.61. The Kier molecular flexibility index (Phi) is 1.95. The van der Waals surface area contributed by atoms with Crippen LogP contribution in [0.15, 0.2) is 0 Å². The highest BCUT2D eigenvalue weighted by Crippen LogP contribution is 2.55. The minimum Gasteiger partial charge on any atom is -0.388 e. The molecule has 2 saturated heterocycles. The lowest BCUT2D eigenvalue weighted by atomic mass is 9.80. The van der Waals surface area contributed by atoms with E-state index >= 15 is 0 Å².